The number of nitrogens with zero attached hydrogens (tertiary/aromatic N) is 2. The number of ether oxygens (including phenoxy) is 1. The molecule has 2 aromatic rings. The summed E-state index contributed by atoms with van der Waals surface area (Å²) in [4.78, 5) is 19.1. The molecular weight excluding hydrogens is 270 g/mol. The zero-order valence-corrected chi connectivity index (χ0v) is 12.0. The van der Waals surface area contributed by atoms with Crippen molar-refractivity contribution in [2.75, 3.05) is 18.5 Å². The monoisotopic (exact) mass is 287 g/mol. The smallest absolute Gasteiger partial charge is 0.322 e. The molecule has 0 aliphatic carbocycles. The number of carboxylic acid groups (broad SMARTS) is 1. The van der Waals surface area contributed by atoms with Gasteiger partial charge in [0.25, 0.3) is 0 Å². The molecule has 0 spiro atoms. The lowest BCUT2D eigenvalue weighted by Crippen LogP contribution is -2.14. The summed E-state index contributed by atoms with van der Waals surface area (Å²) in [6.07, 6.45) is 0. The first-order valence-electron chi connectivity index (χ1n) is 6.63. The van der Waals surface area contributed by atoms with E-state index in [4.69, 9.17) is 9.84 Å². The molecule has 1 heterocycles. The molecule has 2 rings (SSSR count). The number of aromatic nitrogens is 2. The van der Waals surface area contributed by atoms with Crippen LogP contribution in [0.25, 0.3) is 11.3 Å². The molecule has 1 aromatic carbocycles. The average molecular weight is 287 g/mol. The number of hydrogen-bond acceptors (Lipinski definition) is 5. The van der Waals surface area contributed by atoms with E-state index >= 15 is 0 Å². The summed E-state index contributed by atoms with van der Waals surface area (Å²) in [7, 11) is 0. The van der Waals surface area contributed by atoms with Gasteiger partial charge in [0.2, 0.25) is 5.95 Å². The summed E-state index contributed by atoms with van der Waals surface area (Å²) >= 11 is 0. The Morgan fingerprint density at radius 3 is 2.86 bits per heavy atom. The Balaban J connectivity index is 2.30. The number of nitrogens with one attached hydrogen (secondary N) is 1. The second-order valence-electron chi connectivity index (χ2n) is 4.43. The SMILES string of the molecule is CCOc1cccc(-c2cc(C)nc(NCC(=O)O)n2)c1. The number of rotatable bonds is 6. The van der Waals surface area contributed by atoms with E-state index in [0.29, 0.717) is 12.6 Å². The van der Waals surface area contributed by atoms with Crippen molar-refractivity contribution in [1.82, 2.24) is 9.97 Å². The molecule has 21 heavy (non-hydrogen) atoms. The van der Waals surface area contributed by atoms with Crippen LogP contribution in [0.3, 0.4) is 0 Å². The van der Waals surface area contributed by atoms with Crippen molar-refractivity contribution in [1.29, 1.82) is 0 Å². The van der Waals surface area contributed by atoms with Crippen LogP contribution < -0.4 is 10.1 Å². The Morgan fingerprint density at radius 2 is 2.14 bits per heavy atom. The summed E-state index contributed by atoms with van der Waals surface area (Å²) in [6, 6.07) is 9.43. The first kappa shape index (κ1) is 14.8. The lowest BCUT2D eigenvalue weighted by atomic mass is 10.1. The minimum absolute atomic E-state index is 0.220. The van der Waals surface area contributed by atoms with Crippen LogP contribution in [-0.4, -0.2) is 34.2 Å². The maximum absolute atomic E-state index is 10.6. The lowest BCUT2D eigenvalue weighted by Gasteiger charge is -2.08. The van der Waals surface area contributed by atoms with Gasteiger partial charge in [-0.15, -0.1) is 0 Å². The van der Waals surface area contributed by atoms with Gasteiger partial charge in [0.1, 0.15) is 12.3 Å². The molecular formula is C15H17N3O3. The van der Waals surface area contributed by atoms with Crippen LogP contribution in [0.15, 0.2) is 30.3 Å². The van der Waals surface area contributed by atoms with Crippen molar-refractivity contribution in [3.63, 3.8) is 0 Å². The fourth-order valence-corrected chi connectivity index (χ4v) is 1.86. The van der Waals surface area contributed by atoms with Gasteiger partial charge >= 0.3 is 5.97 Å². The lowest BCUT2D eigenvalue weighted by molar-refractivity contribution is -0.134. The number of benzene rings is 1. The molecule has 0 fully saturated rings. The van der Waals surface area contributed by atoms with Crippen LogP contribution in [0, 0.1) is 6.92 Å². The van der Waals surface area contributed by atoms with Crippen LogP contribution in [0.1, 0.15) is 12.6 Å². The quantitative estimate of drug-likeness (QED) is 0.848. The average Bonchev–Trinajstić information content (AvgIpc) is 2.45. The molecule has 6 nitrogen and oxygen atoms in total. The first-order valence-corrected chi connectivity index (χ1v) is 6.63. The Hall–Kier alpha value is -2.63. The van der Waals surface area contributed by atoms with Crippen LogP contribution >= 0.6 is 0 Å². The van der Waals surface area contributed by atoms with E-state index in [1.54, 1.807) is 0 Å². The third-order valence-electron chi connectivity index (χ3n) is 2.69. The van der Waals surface area contributed by atoms with Crippen molar-refractivity contribution < 1.29 is 14.6 Å². The van der Waals surface area contributed by atoms with Gasteiger partial charge in [-0.25, -0.2) is 9.97 Å². The minimum Gasteiger partial charge on any atom is -0.494 e. The maximum atomic E-state index is 10.6. The predicted molar refractivity (Wildman–Crippen MR) is 79.5 cm³/mol. The molecule has 0 atom stereocenters. The van der Waals surface area contributed by atoms with E-state index in [9.17, 15) is 4.79 Å². The summed E-state index contributed by atoms with van der Waals surface area (Å²) < 4.78 is 5.47. The third-order valence-corrected chi connectivity index (χ3v) is 2.69. The highest BCUT2D eigenvalue weighted by molar-refractivity contribution is 5.72. The maximum Gasteiger partial charge on any atom is 0.322 e. The number of carboxylic acids is 1. The normalized spacial score (nSPS) is 10.2. The molecule has 0 saturated carbocycles. The summed E-state index contributed by atoms with van der Waals surface area (Å²) in [5.41, 5.74) is 2.37. The predicted octanol–water partition coefficient (Wildman–Crippen LogP) is 2.35. The van der Waals surface area contributed by atoms with E-state index in [-0.39, 0.29) is 6.54 Å². The van der Waals surface area contributed by atoms with E-state index in [1.807, 2.05) is 44.2 Å². The highest BCUT2D eigenvalue weighted by atomic mass is 16.5. The van der Waals surface area contributed by atoms with Gasteiger partial charge in [-0.05, 0) is 32.0 Å². The van der Waals surface area contributed by atoms with Gasteiger partial charge in [0.15, 0.2) is 0 Å². The molecule has 110 valence electrons. The van der Waals surface area contributed by atoms with Crippen molar-refractivity contribution in [2.45, 2.75) is 13.8 Å². The van der Waals surface area contributed by atoms with Crippen molar-refractivity contribution in [3.8, 4) is 17.0 Å². The Kier molecular flexibility index (Phi) is 4.71. The molecule has 0 aliphatic rings. The zero-order valence-electron chi connectivity index (χ0n) is 12.0. The molecule has 1 aromatic heterocycles. The van der Waals surface area contributed by atoms with Crippen LogP contribution in [0.5, 0.6) is 5.75 Å². The highest BCUT2D eigenvalue weighted by Gasteiger charge is 2.07. The van der Waals surface area contributed by atoms with Crippen molar-refractivity contribution in [3.05, 3.63) is 36.0 Å². The third kappa shape index (κ3) is 4.17. The van der Waals surface area contributed by atoms with Crippen molar-refractivity contribution in [2.24, 2.45) is 0 Å². The number of anilines is 1. The number of hydrogen-bond donors (Lipinski definition) is 2. The number of aryl methyl sites for hydroxylation is 1. The van der Waals surface area contributed by atoms with Crippen molar-refractivity contribution >= 4 is 11.9 Å². The van der Waals surface area contributed by atoms with Crippen LogP contribution in [-0.2, 0) is 4.79 Å². The standard InChI is InChI=1S/C15H17N3O3/c1-3-21-12-6-4-5-11(8-12)13-7-10(2)17-15(18-13)16-9-14(19)20/h4-8H,3,9H2,1-2H3,(H,19,20)(H,16,17,18). The van der Waals surface area contributed by atoms with E-state index < -0.39 is 5.97 Å². The first-order chi connectivity index (χ1) is 10.1. The Labute approximate surface area is 122 Å². The molecule has 0 aliphatic heterocycles. The largest absolute Gasteiger partial charge is 0.494 e. The molecule has 0 radical (unpaired) electrons. The fourth-order valence-electron chi connectivity index (χ4n) is 1.86. The van der Waals surface area contributed by atoms with E-state index in [1.165, 1.54) is 0 Å². The van der Waals surface area contributed by atoms with E-state index in [2.05, 4.69) is 15.3 Å². The summed E-state index contributed by atoms with van der Waals surface area (Å²) in [5.74, 6) is 0.112. The molecule has 2 N–H and O–H groups in total. The zero-order chi connectivity index (χ0) is 15.2. The molecule has 0 unspecified atom stereocenters. The van der Waals surface area contributed by atoms with Crippen LogP contribution in [0.2, 0.25) is 0 Å². The van der Waals surface area contributed by atoms with Gasteiger partial charge in [-0.1, -0.05) is 12.1 Å². The highest BCUT2D eigenvalue weighted by Crippen LogP contribution is 2.23. The van der Waals surface area contributed by atoms with Gasteiger partial charge < -0.3 is 15.2 Å². The van der Waals surface area contributed by atoms with Gasteiger partial charge in [-0.2, -0.15) is 0 Å². The molecule has 6 heteroatoms. The second kappa shape index (κ2) is 6.69. The van der Waals surface area contributed by atoms with E-state index in [0.717, 1.165) is 22.7 Å². The molecule has 0 amide bonds. The fraction of sp³-hybridized carbons (Fsp3) is 0.267. The number of carbonyl (C=O) groups is 1. The molecule has 0 bridgehead atoms. The summed E-state index contributed by atoms with van der Waals surface area (Å²) in [6.45, 7) is 4.14. The minimum atomic E-state index is -0.958. The van der Waals surface area contributed by atoms with Gasteiger partial charge in [0.05, 0.1) is 12.3 Å². The molecule has 0 saturated heterocycles. The van der Waals surface area contributed by atoms with Gasteiger partial charge in [-0.3, -0.25) is 4.79 Å². The topological polar surface area (TPSA) is 84.3 Å². The van der Waals surface area contributed by atoms with Crippen LogP contribution in [0.4, 0.5) is 5.95 Å². The summed E-state index contributed by atoms with van der Waals surface area (Å²) in [5, 5.41) is 11.4. The van der Waals surface area contributed by atoms with Gasteiger partial charge in [0, 0.05) is 11.3 Å². The number of aliphatic carboxylic acids is 1. The Morgan fingerprint density at radius 1 is 1.33 bits per heavy atom. The Bertz CT molecular complexity index is 644. The second-order valence-corrected chi connectivity index (χ2v) is 4.43.